The molecule has 0 spiro atoms. The minimum absolute atomic E-state index is 0.0433. The summed E-state index contributed by atoms with van der Waals surface area (Å²) in [5, 5.41) is 9.58. The Balaban J connectivity index is 2.22. The molecule has 0 aliphatic heterocycles. The molecular weight excluding hydrogens is 218 g/mol. The Morgan fingerprint density at radius 3 is 2.76 bits per heavy atom. The monoisotopic (exact) mass is 235 g/mol. The SMILES string of the molecule is COC(=O)c1cc(CC2(CN)CC2)ccc1O. The van der Waals surface area contributed by atoms with Crippen molar-refractivity contribution in [3.8, 4) is 5.75 Å². The van der Waals surface area contributed by atoms with Gasteiger partial charge in [-0.3, -0.25) is 0 Å². The van der Waals surface area contributed by atoms with Gasteiger partial charge in [-0.25, -0.2) is 4.79 Å². The van der Waals surface area contributed by atoms with Gasteiger partial charge in [0.05, 0.1) is 7.11 Å². The minimum Gasteiger partial charge on any atom is -0.507 e. The zero-order valence-corrected chi connectivity index (χ0v) is 9.90. The van der Waals surface area contributed by atoms with Crippen LogP contribution in [0.4, 0.5) is 0 Å². The molecule has 1 saturated carbocycles. The van der Waals surface area contributed by atoms with E-state index in [1.807, 2.05) is 6.07 Å². The fourth-order valence-corrected chi connectivity index (χ4v) is 2.03. The first-order chi connectivity index (χ1) is 8.10. The van der Waals surface area contributed by atoms with Gasteiger partial charge in [0.1, 0.15) is 11.3 Å². The Morgan fingerprint density at radius 2 is 2.24 bits per heavy atom. The number of methoxy groups -OCH3 is 1. The van der Waals surface area contributed by atoms with Crippen molar-refractivity contribution in [3.05, 3.63) is 29.3 Å². The lowest BCUT2D eigenvalue weighted by atomic mass is 9.95. The van der Waals surface area contributed by atoms with E-state index in [1.165, 1.54) is 13.2 Å². The van der Waals surface area contributed by atoms with E-state index in [9.17, 15) is 9.90 Å². The molecule has 4 heteroatoms. The number of phenols is 1. The van der Waals surface area contributed by atoms with Gasteiger partial charge in [-0.05, 0) is 48.9 Å². The van der Waals surface area contributed by atoms with Crippen LogP contribution in [0.15, 0.2) is 18.2 Å². The first kappa shape index (κ1) is 11.9. The average molecular weight is 235 g/mol. The van der Waals surface area contributed by atoms with Crippen LogP contribution in [0.1, 0.15) is 28.8 Å². The molecule has 1 aliphatic rings. The molecule has 0 unspecified atom stereocenters. The van der Waals surface area contributed by atoms with Crippen molar-refractivity contribution in [2.45, 2.75) is 19.3 Å². The normalized spacial score (nSPS) is 16.6. The van der Waals surface area contributed by atoms with Gasteiger partial charge >= 0.3 is 5.97 Å². The van der Waals surface area contributed by atoms with Crippen LogP contribution in [-0.4, -0.2) is 24.7 Å². The molecule has 3 N–H and O–H groups in total. The standard InChI is InChI=1S/C13H17NO3/c1-17-12(16)10-6-9(2-3-11(10)15)7-13(8-14)4-5-13/h2-3,6,15H,4-5,7-8,14H2,1H3. The van der Waals surface area contributed by atoms with Crippen LogP contribution in [0.2, 0.25) is 0 Å². The average Bonchev–Trinajstić information content (AvgIpc) is 3.11. The summed E-state index contributed by atoms with van der Waals surface area (Å²) >= 11 is 0. The van der Waals surface area contributed by atoms with Crippen molar-refractivity contribution >= 4 is 5.97 Å². The van der Waals surface area contributed by atoms with E-state index in [-0.39, 0.29) is 16.7 Å². The van der Waals surface area contributed by atoms with Crippen LogP contribution in [0.3, 0.4) is 0 Å². The molecule has 0 aromatic heterocycles. The fraction of sp³-hybridized carbons (Fsp3) is 0.462. The minimum atomic E-state index is -0.512. The summed E-state index contributed by atoms with van der Waals surface area (Å²) < 4.78 is 4.62. The topological polar surface area (TPSA) is 72.5 Å². The molecule has 0 saturated heterocycles. The summed E-state index contributed by atoms with van der Waals surface area (Å²) in [4.78, 5) is 11.4. The molecule has 92 valence electrons. The molecule has 2 rings (SSSR count). The summed E-state index contributed by atoms with van der Waals surface area (Å²) in [6.45, 7) is 0.668. The molecule has 0 heterocycles. The number of aromatic hydroxyl groups is 1. The quantitative estimate of drug-likeness (QED) is 0.775. The van der Waals surface area contributed by atoms with Crippen LogP contribution < -0.4 is 5.73 Å². The molecule has 0 bridgehead atoms. The fourth-order valence-electron chi connectivity index (χ4n) is 2.03. The molecule has 1 aromatic rings. The van der Waals surface area contributed by atoms with Crippen molar-refractivity contribution in [1.29, 1.82) is 0 Å². The highest BCUT2D eigenvalue weighted by molar-refractivity contribution is 5.92. The maximum Gasteiger partial charge on any atom is 0.341 e. The second-order valence-electron chi connectivity index (χ2n) is 4.72. The van der Waals surface area contributed by atoms with E-state index in [0.717, 1.165) is 24.8 Å². The van der Waals surface area contributed by atoms with E-state index in [1.54, 1.807) is 6.07 Å². The van der Waals surface area contributed by atoms with Crippen molar-refractivity contribution in [2.75, 3.05) is 13.7 Å². The first-order valence-electron chi connectivity index (χ1n) is 5.70. The van der Waals surface area contributed by atoms with Gasteiger partial charge in [-0.1, -0.05) is 6.07 Å². The molecule has 1 aromatic carbocycles. The number of rotatable bonds is 4. The Labute approximate surface area is 100 Å². The lowest BCUT2D eigenvalue weighted by molar-refractivity contribution is 0.0597. The highest BCUT2D eigenvalue weighted by Crippen LogP contribution is 2.47. The number of phenolic OH excluding ortho intramolecular Hbond substituents is 1. The van der Waals surface area contributed by atoms with Crippen LogP contribution in [0, 0.1) is 5.41 Å². The highest BCUT2D eigenvalue weighted by atomic mass is 16.5. The lowest BCUT2D eigenvalue weighted by Gasteiger charge is -2.13. The maximum absolute atomic E-state index is 11.4. The van der Waals surface area contributed by atoms with Crippen LogP contribution in [-0.2, 0) is 11.2 Å². The Morgan fingerprint density at radius 1 is 1.53 bits per heavy atom. The third kappa shape index (κ3) is 2.42. The highest BCUT2D eigenvalue weighted by Gasteiger charge is 2.41. The van der Waals surface area contributed by atoms with E-state index in [4.69, 9.17) is 5.73 Å². The van der Waals surface area contributed by atoms with Gasteiger partial charge < -0.3 is 15.6 Å². The number of hydrogen-bond acceptors (Lipinski definition) is 4. The summed E-state index contributed by atoms with van der Waals surface area (Å²) in [7, 11) is 1.30. The zero-order valence-electron chi connectivity index (χ0n) is 9.90. The summed E-state index contributed by atoms with van der Waals surface area (Å²) in [5.74, 6) is -0.555. The van der Waals surface area contributed by atoms with Crippen molar-refractivity contribution in [2.24, 2.45) is 11.1 Å². The Kier molecular flexibility index (Phi) is 3.07. The Bertz CT molecular complexity index is 438. The summed E-state index contributed by atoms with van der Waals surface area (Å²) in [5.41, 5.74) is 7.18. The van der Waals surface area contributed by atoms with Crippen LogP contribution in [0.5, 0.6) is 5.75 Å². The van der Waals surface area contributed by atoms with E-state index >= 15 is 0 Å². The molecular formula is C13H17NO3. The number of carbonyl (C=O) groups excluding carboxylic acids is 1. The molecule has 0 radical (unpaired) electrons. The molecule has 0 amide bonds. The molecule has 4 nitrogen and oxygen atoms in total. The van der Waals surface area contributed by atoms with E-state index in [2.05, 4.69) is 4.74 Å². The maximum atomic E-state index is 11.4. The van der Waals surface area contributed by atoms with Crippen LogP contribution in [0.25, 0.3) is 0 Å². The number of carbonyl (C=O) groups is 1. The van der Waals surface area contributed by atoms with Gasteiger partial charge in [-0.2, -0.15) is 0 Å². The molecule has 17 heavy (non-hydrogen) atoms. The largest absolute Gasteiger partial charge is 0.507 e. The van der Waals surface area contributed by atoms with Crippen molar-refractivity contribution in [1.82, 2.24) is 0 Å². The number of hydrogen-bond donors (Lipinski definition) is 2. The van der Waals surface area contributed by atoms with Crippen molar-refractivity contribution in [3.63, 3.8) is 0 Å². The molecule has 0 atom stereocenters. The summed E-state index contributed by atoms with van der Waals surface area (Å²) in [6.07, 6.45) is 3.13. The first-order valence-corrected chi connectivity index (χ1v) is 5.70. The van der Waals surface area contributed by atoms with Gasteiger partial charge in [0.2, 0.25) is 0 Å². The van der Waals surface area contributed by atoms with Gasteiger partial charge in [-0.15, -0.1) is 0 Å². The third-order valence-electron chi connectivity index (χ3n) is 3.44. The predicted molar refractivity (Wildman–Crippen MR) is 63.9 cm³/mol. The number of ether oxygens (including phenoxy) is 1. The smallest absolute Gasteiger partial charge is 0.341 e. The van der Waals surface area contributed by atoms with Gasteiger partial charge in [0.25, 0.3) is 0 Å². The number of esters is 1. The zero-order chi connectivity index (χ0) is 12.5. The molecule has 1 fully saturated rings. The predicted octanol–water partition coefficient (Wildman–Crippen LogP) is 1.46. The van der Waals surface area contributed by atoms with Gasteiger partial charge in [0.15, 0.2) is 0 Å². The lowest BCUT2D eigenvalue weighted by Crippen LogP contribution is -2.18. The van der Waals surface area contributed by atoms with E-state index in [0.29, 0.717) is 6.54 Å². The summed E-state index contributed by atoms with van der Waals surface area (Å²) in [6, 6.07) is 5.06. The second-order valence-corrected chi connectivity index (χ2v) is 4.72. The third-order valence-corrected chi connectivity index (χ3v) is 3.44. The second kappa shape index (κ2) is 4.37. The van der Waals surface area contributed by atoms with E-state index < -0.39 is 5.97 Å². The van der Waals surface area contributed by atoms with Crippen LogP contribution >= 0.6 is 0 Å². The van der Waals surface area contributed by atoms with Crippen molar-refractivity contribution < 1.29 is 14.6 Å². The molecule has 1 aliphatic carbocycles. The Hall–Kier alpha value is -1.55. The number of benzene rings is 1. The van der Waals surface area contributed by atoms with Gasteiger partial charge in [0, 0.05) is 0 Å². The number of nitrogens with two attached hydrogens (primary N) is 1.